The number of hydrogen-bond donors (Lipinski definition) is 1. The molecule has 1 fully saturated rings. The Morgan fingerprint density at radius 1 is 1.69 bits per heavy atom. The first-order chi connectivity index (χ1) is 6.02. The lowest BCUT2D eigenvalue weighted by atomic mass is 9.86. The maximum Gasteiger partial charge on any atom is 0.407 e. The summed E-state index contributed by atoms with van der Waals surface area (Å²) >= 11 is 0. The molecule has 72 valence electrons. The monoisotopic (exact) mass is 183 g/mol. The van der Waals surface area contributed by atoms with Crippen molar-refractivity contribution in [2.45, 2.75) is 12.0 Å². The molecule has 1 amide bonds. The zero-order valence-corrected chi connectivity index (χ0v) is 7.82. The van der Waals surface area contributed by atoms with Crippen LogP contribution in [0.4, 0.5) is 4.79 Å². The summed E-state index contributed by atoms with van der Waals surface area (Å²) in [6.07, 6.45) is -0.528. The van der Waals surface area contributed by atoms with Crippen LogP contribution in [-0.4, -0.2) is 53.7 Å². The molecule has 0 aliphatic carbocycles. The molecule has 0 spiro atoms. The van der Waals surface area contributed by atoms with Crippen molar-refractivity contribution in [2.24, 2.45) is 0 Å². The zero-order valence-electron chi connectivity index (χ0n) is 7.82. The Hall–Kier alpha value is -1.28. The third-order valence-corrected chi connectivity index (χ3v) is 2.60. The molecule has 1 rings (SSSR count). The molecule has 13 heavy (non-hydrogen) atoms. The smallest absolute Gasteiger partial charge is 0.407 e. The molecule has 1 aliphatic rings. The zero-order chi connectivity index (χ0) is 10.1. The predicted octanol–water partition coefficient (Wildman–Crippen LogP) is 0.194. The van der Waals surface area contributed by atoms with E-state index >= 15 is 0 Å². The van der Waals surface area contributed by atoms with Crippen molar-refractivity contribution in [3.05, 3.63) is 0 Å². The molecule has 0 aromatic rings. The van der Waals surface area contributed by atoms with Gasteiger partial charge in [-0.05, 0) is 14.1 Å². The van der Waals surface area contributed by atoms with Gasteiger partial charge in [-0.25, -0.2) is 4.79 Å². The van der Waals surface area contributed by atoms with Gasteiger partial charge in [0.2, 0.25) is 0 Å². The van der Waals surface area contributed by atoms with Crippen molar-refractivity contribution in [1.82, 2.24) is 9.80 Å². The Morgan fingerprint density at radius 2 is 2.23 bits per heavy atom. The van der Waals surface area contributed by atoms with Crippen LogP contribution in [0, 0.1) is 11.3 Å². The normalized spacial score (nSPS) is 19.4. The van der Waals surface area contributed by atoms with E-state index in [1.165, 1.54) is 4.90 Å². The van der Waals surface area contributed by atoms with Gasteiger partial charge in [0.15, 0.2) is 0 Å². The van der Waals surface area contributed by atoms with Crippen molar-refractivity contribution in [2.75, 3.05) is 27.2 Å². The lowest BCUT2D eigenvalue weighted by Crippen LogP contribution is -2.69. The van der Waals surface area contributed by atoms with Crippen LogP contribution in [0.25, 0.3) is 0 Å². The highest BCUT2D eigenvalue weighted by atomic mass is 16.4. The van der Waals surface area contributed by atoms with E-state index in [0.29, 0.717) is 19.5 Å². The van der Waals surface area contributed by atoms with Gasteiger partial charge >= 0.3 is 6.09 Å². The Bertz CT molecular complexity index is 251. The summed E-state index contributed by atoms with van der Waals surface area (Å²) in [5.41, 5.74) is -0.257. The van der Waals surface area contributed by atoms with Crippen LogP contribution in [-0.2, 0) is 0 Å². The Morgan fingerprint density at radius 3 is 2.54 bits per heavy atom. The molecular formula is C8H13N3O2. The second-order valence-electron chi connectivity index (χ2n) is 3.59. The summed E-state index contributed by atoms with van der Waals surface area (Å²) in [5.74, 6) is 0. The molecule has 0 atom stereocenters. The average molecular weight is 183 g/mol. The fourth-order valence-electron chi connectivity index (χ4n) is 1.50. The summed E-state index contributed by atoms with van der Waals surface area (Å²) in [6, 6.07) is 2.09. The molecule has 0 unspecified atom stereocenters. The molecule has 0 bridgehead atoms. The second kappa shape index (κ2) is 3.23. The molecule has 1 N–H and O–H groups in total. The van der Waals surface area contributed by atoms with Crippen LogP contribution in [0.2, 0.25) is 0 Å². The lowest BCUT2D eigenvalue weighted by Gasteiger charge is -2.51. The van der Waals surface area contributed by atoms with Crippen molar-refractivity contribution in [1.29, 1.82) is 5.26 Å². The van der Waals surface area contributed by atoms with Crippen LogP contribution < -0.4 is 0 Å². The number of hydrogen-bond acceptors (Lipinski definition) is 3. The van der Waals surface area contributed by atoms with Gasteiger partial charge < -0.3 is 10.0 Å². The molecule has 5 nitrogen and oxygen atoms in total. The maximum absolute atomic E-state index is 10.5. The van der Waals surface area contributed by atoms with Crippen molar-refractivity contribution < 1.29 is 9.90 Å². The molecule has 0 radical (unpaired) electrons. The van der Waals surface area contributed by atoms with Gasteiger partial charge in [0.25, 0.3) is 0 Å². The van der Waals surface area contributed by atoms with Crippen LogP contribution >= 0.6 is 0 Å². The third-order valence-electron chi connectivity index (χ3n) is 2.60. The largest absolute Gasteiger partial charge is 0.465 e. The van der Waals surface area contributed by atoms with E-state index in [1.54, 1.807) is 0 Å². The SMILES string of the molecule is CN(C)C1(CC#N)CN(C(=O)O)C1. The highest BCUT2D eigenvalue weighted by Crippen LogP contribution is 2.28. The Kier molecular flexibility index (Phi) is 2.43. The number of carboxylic acid groups (broad SMARTS) is 1. The molecule has 0 aromatic carbocycles. The van der Waals surface area contributed by atoms with Gasteiger partial charge in [0.05, 0.1) is 18.0 Å². The Balaban J connectivity index is 2.59. The molecular weight excluding hydrogens is 170 g/mol. The van der Waals surface area contributed by atoms with Crippen LogP contribution in [0.5, 0.6) is 0 Å². The highest BCUT2D eigenvalue weighted by molar-refractivity contribution is 5.66. The second-order valence-corrected chi connectivity index (χ2v) is 3.59. The Labute approximate surface area is 77.2 Å². The van der Waals surface area contributed by atoms with Gasteiger partial charge in [0, 0.05) is 13.1 Å². The quantitative estimate of drug-likeness (QED) is 0.663. The molecule has 1 heterocycles. The fourth-order valence-corrected chi connectivity index (χ4v) is 1.50. The summed E-state index contributed by atoms with van der Waals surface area (Å²) in [5, 5.41) is 17.2. The van der Waals surface area contributed by atoms with Crippen molar-refractivity contribution in [3.63, 3.8) is 0 Å². The number of likely N-dealkylation sites (tertiary alicyclic amines) is 1. The van der Waals surface area contributed by atoms with E-state index in [9.17, 15) is 4.79 Å². The topological polar surface area (TPSA) is 67.6 Å². The number of carbonyl (C=O) groups is 1. The third kappa shape index (κ3) is 1.58. The van der Waals surface area contributed by atoms with Gasteiger partial charge in [-0.3, -0.25) is 4.90 Å². The van der Waals surface area contributed by atoms with E-state index in [2.05, 4.69) is 6.07 Å². The van der Waals surface area contributed by atoms with Crippen LogP contribution in [0.15, 0.2) is 0 Å². The first-order valence-corrected chi connectivity index (χ1v) is 4.04. The van der Waals surface area contributed by atoms with E-state index in [1.807, 2.05) is 19.0 Å². The van der Waals surface area contributed by atoms with Gasteiger partial charge in [-0.1, -0.05) is 0 Å². The van der Waals surface area contributed by atoms with E-state index in [-0.39, 0.29) is 5.54 Å². The maximum atomic E-state index is 10.5. The summed E-state index contributed by atoms with van der Waals surface area (Å²) in [7, 11) is 3.74. The lowest BCUT2D eigenvalue weighted by molar-refractivity contribution is -0.0147. The van der Waals surface area contributed by atoms with Crippen molar-refractivity contribution in [3.8, 4) is 6.07 Å². The summed E-state index contributed by atoms with van der Waals surface area (Å²) < 4.78 is 0. The molecule has 1 saturated heterocycles. The average Bonchev–Trinajstić information content (AvgIpc) is 1.94. The van der Waals surface area contributed by atoms with Gasteiger partial charge in [-0.2, -0.15) is 5.26 Å². The molecule has 5 heteroatoms. The molecule has 1 aliphatic heterocycles. The van der Waals surface area contributed by atoms with Gasteiger partial charge in [-0.15, -0.1) is 0 Å². The van der Waals surface area contributed by atoms with Crippen LogP contribution in [0.1, 0.15) is 6.42 Å². The van der Waals surface area contributed by atoms with E-state index in [0.717, 1.165) is 0 Å². The number of rotatable bonds is 2. The summed E-state index contributed by atoms with van der Waals surface area (Å²) in [4.78, 5) is 13.8. The van der Waals surface area contributed by atoms with Crippen LogP contribution in [0.3, 0.4) is 0 Å². The number of amides is 1. The highest BCUT2D eigenvalue weighted by Gasteiger charge is 2.46. The number of likely N-dealkylation sites (N-methyl/N-ethyl adjacent to an activating group) is 1. The first kappa shape index (κ1) is 9.81. The van der Waals surface area contributed by atoms with Crippen molar-refractivity contribution >= 4 is 6.09 Å². The predicted molar refractivity (Wildman–Crippen MR) is 46.2 cm³/mol. The number of nitriles is 1. The molecule has 0 aromatic heterocycles. The first-order valence-electron chi connectivity index (χ1n) is 4.04. The molecule has 0 saturated carbocycles. The van der Waals surface area contributed by atoms with Gasteiger partial charge in [0.1, 0.15) is 0 Å². The number of nitrogens with zero attached hydrogens (tertiary/aromatic N) is 3. The standard InChI is InChI=1S/C8H13N3O2/c1-10(2)8(3-4-9)5-11(6-8)7(12)13/h3,5-6H2,1-2H3,(H,12,13). The van der Waals surface area contributed by atoms with E-state index in [4.69, 9.17) is 10.4 Å². The fraction of sp³-hybridized carbons (Fsp3) is 0.750. The van der Waals surface area contributed by atoms with E-state index < -0.39 is 6.09 Å². The minimum atomic E-state index is -0.907. The summed E-state index contributed by atoms with van der Waals surface area (Å²) in [6.45, 7) is 0.867. The minimum Gasteiger partial charge on any atom is -0.465 e. The minimum absolute atomic E-state index is 0.257.